The number of fused-ring (bicyclic) bond motifs is 2. The summed E-state index contributed by atoms with van der Waals surface area (Å²) in [6.45, 7) is 4.31. The van der Waals surface area contributed by atoms with Crippen LogP contribution >= 0.6 is 0 Å². The molecule has 0 atom stereocenters. The van der Waals surface area contributed by atoms with Gasteiger partial charge in [-0.3, -0.25) is 25.2 Å². The van der Waals surface area contributed by atoms with Gasteiger partial charge in [0, 0.05) is 36.1 Å². The first-order chi connectivity index (χ1) is 14.9. The Labute approximate surface area is 178 Å². The zero-order valence-electron chi connectivity index (χ0n) is 17.5. The third kappa shape index (κ3) is 3.79. The summed E-state index contributed by atoms with van der Waals surface area (Å²) in [5.41, 5.74) is 6.08. The molecule has 8 heteroatoms. The molecule has 0 aliphatic carbocycles. The van der Waals surface area contributed by atoms with Gasteiger partial charge < -0.3 is 4.57 Å². The predicted octanol–water partition coefficient (Wildman–Crippen LogP) is 2.62. The number of amides is 2. The topological polar surface area (TPSA) is 98.0 Å². The standard InChI is InChI=1S/C23H23N5O3/c1-14(2)12-28-23(31)17-10-5-4-9-16(17)20(26-28)22(30)25-24-21(29)18-13-27(3)19-11-7-6-8-15(18)19/h4-11,13-14H,12H2,1-3H3,(H,24,29)(H,25,30). The number of para-hydroxylation sites is 1. The van der Waals surface area contributed by atoms with Crippen molar-refractivity contribution in [2.75, 3.05) is 0 Å². The SMILES string of the molecule is CC(C)Cn1nc(C(=O)NNC(=O)c2cn(C)c3ccccc23)c2ccccc2c1=O. The molecule has 0 aliphatic rings. The van der Waals surface area contributed by atoms with Gasteiger partial charge in [0.25, 0.3) is 17.4 Å². The van der Waals surface area contributed by atoms with Crippen molar-refractivity contribution >= 4 is 33.5 Å². The lowest BCUT2D eigenvalue weighted by atomic mass is 10.1. The summed E-state index contributed by atoms with van der Waals surface area (Å²) in [5, 5.41) is 5.91. The number of aromatic nitrogens is 3. The van der Waals surface area contributed by atoms with Crippen LogP contribution in [0.2, 0.25) is 0 Å². The molecule has 2 aromatic heterocycles. The first kappa shape index (κ1) is 20.3. The normalized spacial score (nSPS) is 11.2. The second kappa shape index (κ2) is 8.06. The van der Waals surface area contributed by atoms with E-state index in [-0.39, 0.29) is 17.2 Å². The number of carbonyl (C=O) groups excluding carboxylic acids is 2. The van der Waals surface area contributed by atoms with Gasteiger partial charge in [-0.1, -0.05) is 50.2 Å². The van der Waals surface area contributed by atoms with Gasteiger partial charge in [0.2, 0.25) is 0 Å². The molecule has 4 aromatic rings. The summed E-state index contributed by atoms with van der Waals surface area (Å²) in [5.74, 6) is -0.861. The molecule has 0 radical (unpaired) electrons. The highest BCUT2D eigenvalue weighted by molar-refractivity contribution is 6.09. The van der Waals surface area contributed by atoms with Crippen LogP contribution in [0.5, 0.6) is 0 Å². The van der Waals surface area contributed by atoms with Crippen LogP contribution in [-0.2, 0) is 13.6 Å². The first-order valence-corrected chi connectivity index (χ1v) is 10.0. The van der Waals surface area contributed by atoms with Gasteiger partial charge >= 0.3 is 0 Å². The van der Waals surface area contributed by atoms with E-state index in [1.807, 2.05) is 49.7 Å². The lowest BCUT2D eigenvalue weighted by molar-refractivity contribution is 0.0844. The Morgan fingerprint density at radius 2 is 1.55 bits per heavy atom. The van der Waals surface area contributed by atoms with Crippen LogP contribution in [0.1, 0.15) is 34.7 Å². The molecule has 0 saturated heterocycles. The summed E-state index contributed by atoms with van der Waals surface area (Å²) in [6, 6.07) is 14.3. The van der Waals surface area contributed by atoms with E-state index in [9.17, 15) is 14.4 Å². The zero-order valence-corrected chi connectivity index (χ0v) is 17.5. The summed E-state index contributed by atoms with van der Waals surface area (Å²) in [4.78, 5) is 38.3. The van der Waals surface area contributed by atoms with E-state index in [2.05, 4.69) is 16.0 Å². The number of nitrogens with one attached hydrogen (secondary N) is 2. The quantitative estimate of drug-likeness (QED) is 0.499. The molecular formula is C23H23N5O3. The van der Waals surface area contributed by atoms with Gasteiger partial charge in [0.05, 0.1) is 10.9 Å². The van der Waals surface area contributed by atoms with E-state index in [0.29, 0.717) is 22.9 Å². The molecule has 0 spiro atoms. The Balaban J connectivity index is 1.63. The number of nitrogens with zero attached hydrogens (tertiary/aromatic N) is 3. The number of aryl methyl sites for hydroxylation is 1. The Morgan fingerprint density at radius 1 is 0.935 bits per heavy atom. The summed E-state index contributed by atoms with van der Waals surface area (Å²) < 4.78 is 3.15. The molecule has 0 bridgehead atoms. The fraction of sp³-hybridized carbons (Fsp3) is 0.217. The monoisotopic (exact) mass is 417 g/mol. The molecule has 0 unspecified atom stereocenters. The van der Waals surface area contributed by atoms with Crippen LogP contribution in [-0.4, -0.2) is 26.2 Å². The summed E-state index contributed by atoms with van der Waals surface area (Å²) in [7, 11) is 1.85. The number of carbonyl (C=O) groups is 2. The maximum absolute atomic E-state index is 12.9. The first-order valence-electron chi connectivity index (χ1n) is 10.0. The number of hydrogen-bond donors (Lipinski definition) is 2. The minimum atomic E-state index is -0.595. The van der Waals surface area contributed by atoms with Gasteiger partial charge in [-0.15, -0.1) is 0 Å². The zero-order chi connectivity index (χ0) is 22.1. The third-order valence-electron chi connectivity index (χ3n) is 5.05. The maximum Gasteiger partial charge on any atom is 0.290 e. The van der Waals surface area contributed by atoms with Gasteiger partial charge in [-0.05, 0) is 18.1 Å². The second-order valence-electron chi connectivity index (χ2n) is 7.85. The van der Waals surface area contributed by atoms with Crippen molar-refractivity contribution in [2.24, 2.45) is 13.0 Å². The molecular weight excluding hydrogens is 394 g/mol. The average molecular weight is 417 g/mol. The average Bonchev–Trinajstić information content (AvgIpc) is 3.10. The van der Waals surface area contributed by atoms with Crippen molar-refractivity contribution in [2.45, 2.75) is 20.4 Å². The molecule has 158 valence electrons. The van der Waals surface area contributed by atoms with Crippen molar-refractivity contribution in [1.82, 2.24) is 25.2 Å². The molecule has 2 amide bonds. The Kier molecular flexibility index (Phi) is 5.29. The van der Waals surface area contributed by atoms with E-state index in [0.717, 1.165) is 10.9 Å². The van der Waals surface area contributed by atoms with Gasteiger partial charge in [-0.25, -0.2) is 4.68 Å². The molecule has 2 N–H and O–H groups in total. The van der Waals surface area contributed by atoms with Crippen LogP contribution in [0, 0.1) is 5.92 Å². The summed E-state index contributed by atoms with van der Waals surface area (Å²) in [6.07, 6.45) is 1.71. The molecule has 0 fully saturated rings. The van der Waals surface area contributed by atoms with Crippen molar-refractivity contribution in [3.05, 3.63) is 76.3 Å². The largest absolute Gasteiger partial charge is 0.350 e. The second-order valence-corrected chi connectivity index (χ2v) is 7.85. The highest BCUT2D eigenvalue weighted by atomic mass is 16.2. The summed E-state index contributed by atoms with van der Waals surface area (Å²) >= 11 is 0. The van der Waals surface area contributed by atoms with Crippen LogP contribution in [0.25, 0.3) is 21.7 Å². The minimum Gasteiger partial charge on any atom is -0.350 e. The Morgan fingerprint density at radius 3 is 2.26 bits per heavy atom. The van der Waals surface area contributed by atoms with E-state index < -0.39 is 11.8 Å². The highest BCUT2D eigenvalue weighted by Crippen LogP contribution is 2.20. The van der Waals surface area contributed by atoms with Gasteiger partial charge in [-0.2, -0.15) is 5.10 Å². The molecule has 0 saturated carbocycles. The van der Waals surface area contributed by atoms with E-state index in [1.165, 1.54) is 4.68 Å². The van der Waals surface area contributed by atoms with Crippen LogP contribution in [0.4, 0.5) is 0 Å². The number of hydrazine groups is 1. The predicted molar refractivity (Wildman–Crippen MR) is 119 cm³/mol. The van der Waals surface area contributed by atoms with Gasteiger partial charge in [0.15, 0.2) is 5.69 Å². The number of hydrogen-bond acceptors (Lipinski definition) is 4. The number of benzene rings is 2. The molecule has 8 nitrogen and oxygen atoms in total. The van der Waals surface area contributed by atoms with Crippen molar-refractivity contribution < 1.29 is 9.59 Å². The van der Waals surface area contributed by atoms with Crippen LogP contribution in [0.3, 0.4) is 0 Å². The Hall–Kier alpha value is -3.94. The Bertz CT molecular complexity index is 1370. The van der Waals surface area contributed by atoms with E-state index >= 15 is 0 Å². The lowest BCUT2D eigenvalue weighted by Crippen LogP contribution is -2.42. The fourth-order valence-electron chi connectivity index (χ4n) is 3.64. The van der Waals surface area contributed by atoms with Crippen molar-refractivity contribution in [1.29, 1.82) is 0 Å². The van der Waals surface area contributed by atoms with Crippen molar-refractivity contribution in [3.63, 3.8) is 0 Å². The highest BCUT2D eigenvalue weighted by Gasteiger charge is 2.19. The maximum atomic E-state index is 12.9. The van der Waals surface area contributed by atoms with Gasteiger partial charge in [0.1, 0.15) is 0 Å². The number of rotatable bonds is 4. The molecule has 2 aromatic carbocycles. The molecule has 2 heterocycles. The third-order valence-corrected chi connectivity index (χ3v) is 5.05. The minimum absolute atomic E-state index is 0.0778. The smallest absolute Gasteiger partial charge is 0.290 e. The van der Waals surface area contributed by atoms with E-state index in [1.54, 1.807) is 30.5 Å². The van der Waals surface area contributed by atoms with Crippen molar-refractivity contribution in [3.8, 4) is 0 Å². The molecule has 31 heavy (non-hydrogen) atoms. The van der Waals surface area contributed by atoms with Crippen LogP contribution in [0.15, 0.2) is 59.5 Å². The fourth-order valence-corrected chi connectivity index (χ4v) is 3.64. The lowest BCUT2D eigenvalue weighted by Gasteiger charge is -2.13. The van der Waals surface area contributed by atoms with E-state index in [4.69, 9.17) is 0 Å². The van der Waals surface area contributed by atoms with Crippen LogP contribution < -0.4 is 16.4 Å². The molecule has 0 aliphatic heterocycles. The molecule has 4 rings (SSSR count).